The van der Waals surface area contributed by atoms with Crippen LogP contribution < -0.4 is 5.32 Å². The van der Waals surface area contributed by atoms with Crippen LogP contribution in [0.2, 0.25) is 0 Å². The zero-order valence-electron chi connectivity index (χ0n) is 22.6. The number of carboxylic acids is 1. The SMILES string of the molecule is CCC(C)(C)C(=O)O[C@H]1C[C@@H](C)C=C2C=C[C@H](C)[C@H](CC[C@@H](O)C[C@@H](O)CC(=O)N[C@@H](C)C(=O)O)C21. The highest BCUT2D eigenvalue weighted by Crippen LogP contribution is 2.45. The summed E-state index contributed by atoms with van der Waals surface area (Å²) >= 11 is 0. The molecule has 0 radical (unpaired) electrons. The minimum absolute atomic E-state index is 0.0271. The Hall–Kier alpha value is -2.19. The molecule has 4 N–H and O–H groups in total. The Bertz CT molecular complexity index is 849. The van der Waals surface area contributed by atoms with Crippen LogP contribution in [0.3, 0.4) is 0 Å². The van der Waals surface area contributed by atoms with Crippen molar-refractivity contribution in [3.8, 4) is 0 Å². The molecule has 0 bridgehead atoms. The number of nitrogens with one attached hydrogen (secondary N) is 1. The molecule has 2 rings (SSSR count). The van der Waals surface area contributed by atoms with Crippen LogP contribution in [-0.2, 0) is 19.1 Å². The zero-order valence-corrected chi connectivity index (χ0v) is 22.6. The number of esters is 1. The predicted octanol–water partition coefficient (Wildman–Crippen LogP) is 3.61. The molecule has 2 aliphatic carbocycles. The first kappa shape index (κ1) is 30.0. The number of aliphatic hydroxyl groups is 2. The summed E-state index contributed by atoms with van der Waals surface area (Å²) in [4.78, 5) is 35.7. The van der Waals surface area contributed by atoms with Gasteiger partial charge in [-0.3, -0.25) is 14.4 Å². The van der Waals surface area contributed by atoms with Crippen molar-refractivity contribution in [2.75, 3.05) is 0 Å². The lowest BCUT2D eigenvalue weighted by molar-refractivity contribution is -0.164. The van der Waals surface area contributed by atoms with E-state index >= 15 is 0 Å². The van der Waals surface area contributed by atoms with Crippen LogP contribution in [0, 0.1) is 29.1 Å². The first-order valence-electron chi connectivity index (χ1n) is 13.2. The Morgan fingerprint density at radius 3 is 2.47 bits per heavy atom. The zero-order chi connectivity index (χ0) is 27.2. The molecule has 8 heteroatoms. The number of rotatable bonds is 12. The molecule has 8 nitrogen and oxygen atoms in total. The van der Waals surface area contributed by atoms with E-state index < -0.39 is 35.5 Å². The van der Waals surface area contributed by atoms with Crippen molar-refractivity contribution in [2.24, 2.45) is 29.1 Å². The van der Waals surface area contributed by atoms with Crippen LogP contribution in [-0.4, -0.2) is 57.5 Å². The Balaban J connectivity index is 2.02. The molecule has 0 aromatic rings. The van der Waals surface area contributed by atoms with Gasteiger partial charge in [-0.1, -0.05) is 39.0 Å². The van der Waals surface area contributed by atoms with Gasteiger partial charge in [-0.25, -0.2) is 0 Å². The fourth-order valence-electron chi connectivity index (χ4n) is 5.14. The summed E-state index contributed by atoms with van der Waals surface area (Å²) in [6.07, 6.45) is 6.82. The molecule has 8 atom stereocenters. The fraction of sp³-hybridized carbons (Fsp3) is 0.750. The van der Waals surface area contributed by atoms with Crippen molar-refractivity contribution in [3.05, 3.63) is 23.8 Å². The van der Waals surface area contributed by atoms with Gasteiger partial charge in [-0.15, -0.1) is 0 Å². The summed E-state index contributed by atoms with van der Waals surface area (Å²) in [5, 5.41) is 32.0. The average Bonchev–Trinajstić information content (AvgIpc) is 2.77. The quantitative estimate of drug-likeness (QED) is 0.297. The summed E-state index contributed by atoms with van der Waals surface area (Å²) in [6.45, 7) is 11.4. The number of carboxylic acid groups (broad SMARTS) is 1. The lowest BCUT2D eigenvalue weighted by Gasteiger charge is -2.44. The average molecular weight is 508 g/mol. The molecule has 0 aromatic carbocycles. The Kier molecular flexibility index (Phi) is 10.7. The van der Waals surface area contributed by atoms with Gasteiger partial charge in [-0.2, -0.15) is 0 Å². The third kappa shape index (κ3) is 8.17. The molecule has 1 unspecified atom stereocenters. The highest BCUT2D eigenvalue weighted by molar-refractivity contribution is 5.83. The highest BCUT2D eigenvalue weighted by Gasteiger charge is 2.42. The van der Waals surface area contributed by atoms with Gasteiger partial charge in [0.1, 0.15) is 12.1 Å². The number of aliphatic carboxylic acids is 1. The maximum atomic E-state index is 12.9. The van der Waals surface area contributed by atoms with Crippen molar-refractivity contribution in [1.29, 1.82) is 0 Å². The van der Waals surface area contributed by atoms with Crippen LogP contribution in [0.4, 0.5) is 0 Å². The lowest BCUT2D eigenvalue weighted by Crippen LogP contribution is -2.43. The van der Waals surface area contributed by atoms with Gasteiger partial charge in [0.2, 0.25) is 5.91 Å². The Morgan fingerprint density at radius 2 is 1.86 bits per heavy atom. The van der Waals surface area contributed by atoms with Gasteiger partial charge >= 0.3 is 11.9 Å². The van der Waals surface area contributed by atoms with E-state index in [0.29, 0.717) is 25.2 Å². The number of carbonyl (C=O) groups excluding carboxylic acids is 2. The number of hydrogen-bond acceptors (Lipinski definition) is 6. The van der Waals surface area contributed by atoms with Crippen molar-refractivity contribution >= 4 is 17.8 Å². The molecule has 0 saturated carbocycles. The summed E-state index contributed by atoms with van der Waals surface area (Å²) in [6, 6.07) is -1.04. The van der Waals surface area contributed by atoms with Crippen LogP contribution in [0.25, 0.3) is 0 Å². The maximum absolute atomic E-state index is 12.9. The van der Waals surface area contributed by atoms with E-state index in [0.717, 1.165) is 6.42 Å². The van der Waals surface area contributed by atoms with Gasteiger partial charge in [-0.05, 0) is 76.2 Å². The molecule has 0 saturated heterocycles. The monoisotopic (exact) mass is 507 g/mol. The standard InChI is InChI=1S/C28H45NO7/c1-7-28(5,6)27(35)36-23-13-16(2)12-19-9-8-17(3)22(25(19)23)11-10-20(30)14-21(31)15-24(32)29-18(4)26(33)34/h8-9,12,16-18,20-23,25,30-31H,7,10-11,13-15H2,1-6H3,(H,29,32)(H,33,34)/t16-,17-,18-,20+,21+,22-,23-,25?/m0/s1. The summed E-state index contributed by atoms with van der Waals surface area (Å²) < 4.78 is 6.13. The van der Waals surface area contributed by atoms with Gasteiger partial charge in [0.25, 0.3) is 0 Å². The predicted molar refractivity (Wildman–Crippen MR) is 137 cm³/mol. The van der Waals surface area contributed by atoms with Crippen LogP contribution in [0.5, 0.6) is 0 Å². The normalized spacial score (nSPS) is 28.3. The summed E-state index contributed by atoms with van der Waals surface area (Å²) in [7, 11) is 0. The molecule has 0 aromatic heterocycles. The molecule has 36 heavy (non-hydrogen) atoms. The molecule has 204 valence electrons. The number of aliphatic hydroxyl groups excluding tert-OH is 2. The van der Waals surface area contributed by atoms with Gasteiger partial charge < -0.3 is 25.4 Å². The minimum atomic E-state index is -1.15. The number of carbonyl (C=O) groups is 3. The van der Waals surface area contributed by atoms with Gasteiger partial charge in [0.15, 0.2) is 0 Å². The largest absolute Gasteiger partial charge is 0.480 e. The maximum Gasteiger partial charge on any atom is 0.325 e. The van der Waals surface area contributed by atoms with Crippen LogP contribution in [0.1, 0.15) is 80.1 Å². The van der Waals surface area contributed by atoms with Crippen LogP contribution >= 0.6 is 0 Å². The first-order chi connectivity index (χ1) is 16.7. The minimum Gasteiger partial charge on any atom is -0.480 e. The first-order valence-corrected chi connectivity index (χ1v) is 13.2. The lowest BCUT2D eigenvalue weighted by atomic mass is 9.65. The van der Waals surface area contributed by atoms with E-state index in [-0.39, 0.29) is 42.7 Å². The molecule has 0 fully saturated rings. The number of hydrogen-bond donors (Lipinski definition) is 4. The van der Waals surface area contributed by atoms with Crippen molar-refractivity contribution in [2.45, 2.75) is 104 Å². The molecule has 1 amide bonds. The van der Waals surface area contributed by atoms with Crippen molar-refractivity contribution < 1.29 is 34.4 Å². The Morgan fingerprint density at radius 1 is 1.19 bits per heavy atom. The van der Waals surface area contributed by atoms with Crippen LogP contribution in [0.15, 0.2) is 23.8 Å². The second-order valence-electron chi connectivity index (χ2n) is 11.4. The summed E-state index contributed by atoms with van der Waals surface area (Å²) in [5.41, 5.74) is 0.638. The molecular weight excluding hydrogens is 462 g/mol. The van der Waals surface area contributed by atoms with Gasteiger partial charge in [0.05, 0.1) is 24.0 Å². The van der Waals surface area contributed by atoms with E-state index in [1.165, 1.54) is 12.5 Å². The number of ether oxygens (including phenoxy) is 1. The highest BCUT2D eigenvalue weighted by atomic mass is 16.5. The van der Waals surface area contributed by atoms with E-state index in [1.54, 1.807) is 0 Å². The third-order valence-corrected chi connectivity index (χ3v) is 7.84. The van der Waals surface area contributed by atoms with Crippen molar-refractivity contribution in [3.63, 3.8) is 0 Å². The number of fused-ring (bicyclic) bond motifs is 1. The molecule has 2 aliphatic rings. The van der Waals surface area contributed by atoms with Crippen molar-refractivity contribution in [1.82, 2.24) is 5.32 Å². The van der Waals surface area contributed by atoms with E-state index in [4.69, 9.17) is 9.84 Å². The van der Waals surface area contributed by atoms with E-state index in [9.17, 15) is 24.6 Å². The molecule has 0 spiro atoms. The molecule has 0 heterocycles. The molecular formula is C28H45NO7. The molecule has 0 aliphatic heterocycles. The number of amides is 1. The second kappa shape index (κ2) is 12.9. The second-order valence-corrected chi connectivity index (χ2v) is 11.4. The third-order valence-electron chi connectivity index (χ3n) is 7.84. The topological polar surface area (TPSA) is 133 Å². The van der Waals surface area contributed by atoms with Gasteiger partial charge in [0, 0.05) is 5.92 Å². The Labute approximate surface area is 215 Å². The summed E-state index contributed by atoms with van der Waals surface area (Å²) in [5.74, 6) is -1.14. The van der Waals surface area contributed by atoms with E-state index in [2.05, 4.69) is 37.4 Å². The van der Waals surface area contributed by atoms with E-state index in [1.807, 2.05) is 20.8 Å². The fourth-order valence-corrected chi connectivity index (χ4v) is 5.14. The smallest absolute Gasteiger partial charge is 0.325 e. The number of allylic oxidation sites excluding steroid dienone is 3.